The first-order valence-corrected chi connectivity index (χ1v) is 39.2. The van der Waals surface area contributed by atoms with Crippen LogP contribution in [0.4, 0.5) is 0 Å². The Morgan fingerprint density at radius 1 is 0.380 bits per heavy atom. The first-order valence-electron chi connectivity index (χ1n) is 39.2. The van der Waals surface area contributed by atoms with Crippen LogP contribution in [-0.4, -0.2) is 140 Å². The molecular weight excluding hydrogens is 1160 g/mol. The summed E-state index contributed by atoms with van der Waals surface area (Å²) in [5.74, 6) is -0.242. The molecule has 0 radical (unpaired) electrons. The third-order valence-corrected chi connectivity index (χ3v) is 19.3. The molecule has 2 heterocycles. The highest BCUT2D eigenvalue weighted by Crippen LogP contribution is 2.30. The number of nitrogens with one attached hydrogen (secondary N) is 1. The number of allylic oxidation sites excluding steroid dienone is 5. The summed E-state index contributed by atoms with van der Waals surface area (Å²) in [6.07, 6.45) is 65.4. The van der Waals surface area contributed by atoms with Crippen molar-refractivity contribution in [1.29, 1.82) is 0 Å². The van der Waals surface area contributed by atoms with Gasteiger partial charge < -0.3 is 65.1 Å². The second-order valence-electron chi connectivity index (χ2n) is 27.8. The van der Waals surface area contributed by atoms with Crippen molar-refractivity contribution < 1.29 is 64.6 Å². The Labute approximate surface area is 563 Å². The summed E-state index contributed by atoms with van der Waals surface area (Å²) < 4.78 is 22.8. The van der Waals surface area contributed by atoms with E-state index in [1.165, 1.54) is 295 Å². The molecule has 0 aromatic carbocycles. The normalized spacial score (nSPS) is 22.8. The maximum atomic E-state index is 13.3. The molecule has 0 saturated carbocycles. The predicted octanol–water partition coefficient (Wildman–Crippen LogP) is 17.2. The fraction of sp³-hybridized carbons (Fsp3) is 0.910. The maximum Gasteiger partial charge on any atom is 0.220 e. The van der Waals surface area contributed by atoms with Gasteiger partial charge in [-0.3, -0.25) is 4.79 Å². The number of unbranched alkanes of at least 4 members (excludes halogenated alkanes) is 49. The van der Waals surface area contributed by atoms with E-state index in [0.29, 0.717) is 12.8 Å². The molecular formula is C78H147NO13. The van der Waals surface area contributed by atoms with Crippen LogP contribution in [0.2, 0.25) is 0 Å². The predicted molar refractivity (Wildman–Crippen MR) is 378 cm³/mol. The Bertz CT molecular complexity index is 1680. The van der Waals surface area contributed by atoms with Gasteiger partial charge in [-0.15, -0.1) is 0 Å². The fourth-order valence-electron chi connectivity index (χ4n) is 13.1. The molecule has 14 heteroatoms. The molecule has 9 N–H and O–H groups in total. The van der Waals surface area contributed by atoms with Crippen molar-refractivity contribution in [3.8, 4) is 0 Å². The van der Waals surface area contributed by atoms with Crippen LogP contribution in [0.1, 0.15) is 361 Å². The first-order chi connectivity index (χ1) is 45.1. The van der Waals surface area contributed by atoms with Gasteiger partial charge in [0.15, 0.2) is 12.6 Å². The smallest absolute Gasteiger partial charge is 0.220 e. The molecule has 12 atom stereocenters. The van der Waals surface area contributed by atoms with E-state index >= 15 is 0 Å². The third kappa shape index (κ3) is 45.7. The van der Waals surface area contributed by atoms with Gasteiger partial charge in [0.25, 0.3) is 0 Å². The number of aliphatic hydroxyl groups is 8. The SMILES string of the molecule is CCCCCCCCCC/C=C\CCCCCCCCCCCCCCCCCCCCCCCCCCCCCCCC(=O)NC(COC1OC(CO)C(OC2OC(CO)C(O)C(O)C2O)C(O)C1O)C(O)/C=C/CC/C=C/CCCCCCCCCCCCC. The highest BCUT2D eigenvalue weighted by molar-refractivity contribution is 5.76. The quantitative estimate of drug-likeness (QED) is 0.0204. The summed E-state index contributed by atoms with van der Waals surface area (Å²) in [4.78, 5) is 13.3. The number of hydrogen-bond donors (Lipinski definition) is 9. The number of amides is 1. The topological polar surface area (TPSA) is 228 Å². The zero-order valence-corrected chi connectivity index (χ0v) is 59.3. The van der Waals surface area contributed by atoms with Crippen molar-refractivity contribution in [2.24, 2.45) is 0 Å². The van der Waals surface area contributed by atoms with Crippen LogP contribution >= 0.6 is 0 Å². The molecule has 2 aliphatic rings. The van der Waals surface area contributed by atoms with E-state index in [1.807, 2.05) is 6.08 Å². The van der Waals surface area contributed by atoms with E-state index in [-0.39, 0.29) is 18.9 Å². The zero-order valence-electron chi connectivity index (χ0n) is 59.3. The molecule has 0 aromatic heterocycles. The Balaban J connectivity index is 1.54. The molecule has 2 rings (SSSR count). The lowest BCUT2D eigenvalue weighted by Gasteiger charge is -2.46. The zero-order chi connectivity index (χ0) is 66.6. The monoisotopic (exact) mass is 1310 g/mol. The second-order valence-corrected chi connectivity index (χ2v) is 27.8. The molecule has 0 bridgehead atoms. The number of carbonyl (C=O) groups excluding carboxylic acids is 1. The summed E-state index contributed by atoms with van der Waals surface area (Å²) in [7, 11) is 0. The Kier molecular flexibility index (Phi) is 58.8. The van der Waals surface area contributed by atoms with E-state index in [2.05, 4.69) is 43.5 Å². The molecule has 2 aliphatic heterocycles. The molecule has 14 nitrogen and oxygen atoms in total. The van der Waals surface area contributed by atoms with Gasteiger partial charge in [0.2, 0.25) is 5.91 Å². The molecule has 0 spiro atoms. The minimum atomic E-state index is -1.79. The van der Waals surface area contributed by atoms with E-state index in [0.717, 1.165) is 32.1 Å². The van der Waals surface area contributed by atoms with Crippen LogP contribution in [0.25, 0.3) is 0 Å². The lowest BCUT2D eigenvalue weighted by molar-refractivity contribution is -0.359. The van der Waals surface area contributed by atoms with Crippen molar-refractivity contribution >= 4 is 5.91 Å². The maximum absolute atomic E-state index is 13.3. The van der Waals surface area contributed by atoms with E-state index in [9.17, 15) is 45.6 Å². The molecule has 92 heavy (non-hydrogen) atoms. The van der Waals surface area contributed by atoms with Crippen molar-refractivity contribution in [3.63, 3.8) is 0 Å². The minimum absolute atomic E-state index is 0.242. The van der Waals surface area contributed by atoms with Gasteiger partial charge in [0.1, 0.15) is 48.8 Å². The number of rotatable bonds is 66. The van der Waals surface area contributed by atoms with Crippen molar-refractivity contribution in [3.05, 3.63) is 36.5 Å². The Morgan fingerprint density at radius 3 is 1.07 bits per heavy atom. The van der Waals surface area contributed by atoms with Gasteiger partial charge in [-0.25, -0.2) is 0 Å². The number of aliphatic hydroxyl groups excluding tert-OH is 8. The molecule has 0 aliphatic carbocycles. The molecule has 542 valence electrons. The molecule has 2 saturated heterocycles. The van der Waals surface area contributed by atoms with Gasteiger partial charge in [0, 0.05) is 6.42 Å². The summed E-state index contributed by atoms with van der Waals surface area (Å²) in [6.45, 7) is 2.82. The third-order valence-electron chi connectivity index (χ3n) is 19.3. The van der Waals surface area contributed by atoms with Gasteiger partial charge in [-0.05, 0) is 57.8 Å². The van der Waals surface area contributed by atoms with Gasteiger partial charge in [-0.2, -0.15) is 0 Å². The Morgan fingerprint density at radius 2 is 0.696 bits per heavy atom. The van der Waals surface area contributed by atoms with Crippen LogP contribution < -0.4 is 5.32 Å². The number of ether oxygens (including phenoxy) is 4. The minimum Gasteiger partial charge on any atom is -0.394 e. The van der Waals surface area contributed by atoms with Crippen molar-refractivity contribution in [2.75, 3.05) is 19.8 Å². The average Bonchev–Trinajstić information content (AvgIpc) is 0.856. The molecule has 0 aromatic rings. The van der Waals surface area contributed by atoms with Crippen LogP contribution in [0, 0.1) is 0 Å². The first kappa shape index (κ1) is 86.3. The highest BCUT2D eigenvalue weighted by atomic mass is 16.7. The second kappa shape index (κ2) is 62.7. The summed E-state index contributed by atoms with van der Waals surface area (Å²) in [6, 6.07) is -0.930. The van der Waals surface area contributed by atoms with Gasteiger partial charge >= 0.3 is 0 Å². The van der Waals surface area contributed by atoms with E-state index < -0.39 is 86.8 Å². The van der Waals surface area contributed by atoms with Gasteiger partial charge in [-0.1, -0.05) is 333 Å². The lowest BCUT2D eigenvalue weighted by atomic mass is 9.97. The van der Waals surface area contributed by atoms with Crippen LogP contribution in [-0.2, 0) is 23.7 Å². The van der Waals surface area contributed by atoms with Crippen molar-refractivity contribution in [1.82, 2.24) is 5.32 Å². The highest BCUT2D eigenvalue weighted by Gasteiger charge is 2.51. The average molecular weight is 1310 g/mol. The van der Waals surface area contributed by atoms with Crippen LogP contribution in [0.15, 0.2) is 36.5 Å². The summed E-state index contributed by atoms with van der Waals surface area (Å²) in [5.41, 5.74) is 0. The lowest BCUT2D eigenvalue weighted by Crippen LogP contribution is -2.65. The van der Waals surface area contributed by atoms with E-state index in [1.54, 1.807) is 6.08 Å². The fourth-order valence-corrected chi connectivity index (χ4v) is 13.1. The van der Waals surface area contributed by atoms with E-state index in [4.69, 9.17) is 18.9 Å². The number of carbonyl (C=O) groups is 1. The largest absolute Gasteiger partial charge is 0.394 e. The van der Waals surface area contributed by atoms with Crippen LogP contribution in [0.5, 0.6) is 0 Å². The van der Waals surface area contributed by atoms with Gasteiger partial charge in [0.05, 0.1) is 32.0 Å². The standard InChI is InChI=1S/C78H147NO13/c1-3-5-7-9-11-13-15-17-19-21-22-23-24-25-26-27-28-29-30-31-32-33-34-35-36-37-38-39-40-41-42-43-44-46-48-50-52-54-56-58-60-62-70(83)79-66(67(82)61-59-57-55-53-51-49-47-45-20-18-16-14-12-10-8-6-4-2)65-89-77-75(88)73(86)76(69(64-81)91-77)92-78-74(87)72(85)71(84)68(63-80)90-78/h21-22,51,53,59,61,66-69,71-78,80-82,84-88H,3-20,23-50,52,54-58,60,62-65H2,1-2H3,(H,79,83)/b22-21-,53-51+,61-59+. The summed E-state index contributed by atoms with van der Waals surface area (Å²) >= 11 is 0. The van der Waals surface area contributed by atoms with Crippen molar-refractivity contribution in [2.45, 2.75) is 434 Å². The molecule has 2 fully saturated rings. The Hall–Kier alpha value is -1.79. The summed E-state index contributed by atoms with van der Waals surface area (Å²) in [5, 5.41) is 87.4. The molecule has 12 unspecified atom stereocenters. The number of hydrogen-bond acceptors (Lipinski definition) is 13. The van der Waals surface area contributed by atoms with Crippen LogP contribution in [0.3, 0.4) is 0 Å². The molecule has 1 amide bonds.